The molecule has 0 radical (unpaired) electrons. The summed E-state index contributed by atoms with van der Waals surface area (Å²) in [5.74, 6) is 2.17. The first-order valence-corrected chi connectivity index (χ1v) is 4.81. The Labute approximate surface area is 77.7 Å². The largest absolute Gasteiger partial charge is 0.338 e. The molecule has 1 aliphatic rings. The summed E-state index contributed by atoms with van der Waals surface area (Å²) in [6.07, 6.45) is 2.44. The molecule has 0 unspecified atom stereocenters. The van der Waals surface area contributed by atoms with Gasteiger partial charge >= 0.3 is 0 Å². The van der Waals surface area contributed by atoms with Crippen molar-refractivity contribution >= 4 is 0 Å². The minimum Gasteiger partial charge on any atom is -0.338 e. The van der Waals surface area contributed by atoms with Crippen LogP contribution in [-0.4, -0.2) is 16.2 Å². The van der Waals surface area contributed by atoms with E-state index in [1.54, 1.807) is 0 Å². The van der Waals surface area contributed by atoms with Gasteiger partial charge in [0.2, 0.25) is 5.89 Å². The van der Waals surface area contributed by atoms with Crippen molar-refractivity contribution in [3.05, 3.63) is 11.7 Å². The molecule has 13 heavy (non-hydrogen) atoms. The van der Waals surface area contributed by atoms with E-state index in [0.717, 1.165) is 5.82 Å². The van der Waals surface area contributed by atoms with Crippen molar-refractivity contribution in [1.82, 2.24) is 15.5 Å². The van der Waals surface area contributed by atoms with Crippen LogP contribution in [0.3, 0.4) is 0 Å². The smallest absolute Gasteiger partial charge is 0.240 e. The molecule has 0 amide bonds. The summed E-state index contributed by atoms with van der Waals surface area (Å²) in [4.78, 5) is 4.30. The molecule has 4 nitrogen and oxygen atoms in total. The van der Waals surface area contributed by atoms with E-state index in [2.05, 4.69) is 29.3 Å². The lowest BCUT2D eigenvalue weighted by molar-refractivity contribution is 0.357. The summed E-state index contributed by atoms with van der Waals surface area (Å²) >= 11 is 0. The molecule has 1 aromatic heterocycles. The molecule has 1 heterocycles. The van der Waals surface area contributed by atoms with E-state index in [9.17, 15) is 0 Å². The average molecular weight is 181 g/mol. The molecule has 0 bridgehead atoms. The van der Waals surface area contributed by atoms with Crippen molar-refractivity contribution in [3.8, 4) is 0 Å². The summed E-state index contributed by atoms with van der Waals surface area (Å²) in [5.41, 5.74) is 0. The third kappa shape index (κ3) is 2.28. The van der Waals surface area contributed by atoms with Crippen molar-refractivity contribution in [3.63, 3.8) is 0 Å². The molecule has 0 atom stereocenters. The number of nitrogens with zero attached hydrogens (tertiary/aromatic N) is 2. The Morgan fingerprint density at radius 1 is 1.54 bits per heavy atom. The van der Waals surface area contributed by atoms with Gasteiger partial charge in [0.1, 0.15) is 0 Å². The summed E-state index contributed by atoms with van der Waals surface area (Å²) in [6, 6.07) is 0.455. The number of rotatable bonds is 4. The number of nitrogens with one attached hydrogen (secondary N) is 1. The number of hydrogen-bond acceptors (Lipinski definition) is 4. The molecule has 0 aliphatic heterocycles. The first-order chi connectivity index (χ1) is 6.25. The Morgan fingerprint density at radius 2 is 2.31 bits per heavy atom. The van der Waals surface area contributed by atoms with Crippen LogP contribution in [0.25, 0.3) is 0 Å². The predicted molar refractivity (Wildman–Crippen MR) is 48.2 cm³/mol. The lowest BCUT2D eigenvalue weighted by Gasteiger charge is -2.02. The van der Waals surface area contributed by atoms with E-state index < -0.39 is 0 Å². The van der Waals surface area contributed by atoms with Gasteiger partial charge in [-0.25, -0.2) is 0 Å². The van der Waals surface area contributed by atoms with Crippen LogP contribution in [-0.2, 0) is 6.54 Å². The summed E-state index contributed by atoms with van der Waals surface area (Å²) < 4.78 is 5.09. The molecule has 1 aromatic rings. The molecule has 0 saturated heterocycles. The highest BCUT2D eigenvalue weighted by molar-refractivity contribution is 5.03. The van der Waals surface area contributed by atoms with Crippen molar-refractivity contribution in [2.45, 2.75) is 45.2 Å². The highest BCUT2D eigenvalue weighted by atomic mass is 16.5. The zero-order valence-corrected chi connectivity index (χ0v) is 8.08. The van der Waals surface area contributed by atoms with Crippen LogP contribution >= 0.6 is 0 Å². The van der Waals surface area contributed by atoms with Gasteiger partial charge < -0.3 is 9.84 Å². The molecule has 4 heteroatoms. The Kier molecular flexibility index (Phi) is 2.31. The van der Waals surface area contributed by atoms with E-state index in [1.807, 2.05) is 0 Å². The second-order valence-corrected chi connectivity index (χ2v) is 3.86. The van der Waals surface area contributed by atoms with Crippen LogP contribution in [0.5, 0.6) is 0 Å². The zero-order valence-electron chi connectivity index (χ0n) is 8.08. The first-order valence-electron chi connectivity index (χ1n) is 4.81. The van der Waals surface area contributed by atoms with Gasteiger partial charge in [-0.1, -0.05) is 19.0 Å². The molecular formula is C9H15N3O. The van der Waals surface area contributed by atoms with Gasteiger partial charge in [0.25, 0.3) is 0 Å². The van der Waals surface area contributed by atoms with E-state index in [4.69, 9.17) is 4.52 Å². The third-order valence-electron chi connectivity index (χ3n) is 2.09. The molecule has 2 rings (SSSR count). The number of hydrogen-bond donors (Lipinski definition) is 1. The van der Waals surface area contributed by atoms with E-state index >= 15 is 0 Å². The predicted octanol–water partition coefficient (Wildman–Crippen LogP) is 1.44. The Balaban J connectivity index is 1.89. The van der Waals surface area contributed by atoms with Crippen LogP contribution in [0.15, 0.2) is 4.52 Å². The van der Waals surface area contributed by atoms with Gasteiger partial charge in [-0.05, 0) is 12.8 Å². The van der Waals surface area contributed by atoms with Crippen LogP contribution in [0.1, 0.15) is 44.3 Å². The van der Waals surface area contributed by atoms with E-state index in [-0.39, 0.29) is 0 Å². The lowest BCUT2D eigenvalue weighted by Crippen LogP contribution is -2.21. The standard InChI is InChI=1S/C9H15N3O/c1-6(2)10-5-8-11-9(12-13-8)7-3-4-7/h6-7,10H,3-5H2,1-2H3. The molecule has 1 N–H and O–H groups in total. The van der Waals surface area contributed by atoms with Gasteiger partial charge in [0.15, 0.2) is 5.82 Å². The van der Waals surface area contributed by atoms with Crippen LogP contribution < -0.4 is 5.32 Å². The molecular weight excluding hydrogens is 166 g/mol. The van der Waals surface area contributed by atoms with Crippen LogP contribution in [0, 0.1) is 0 Å². The van der Waals surface area contributed by atoms with Crippen LogP contribution in [0.4, 0.5) is 0 Å². The van der Waals surface area contributed by atoms with Gasteiger partial charge in [-0.15, -0.1) is 0 Å². The molecule has 1 aliphatic carbocycles. The van der Waals surface area contributed by atoms with E-state index in [1.165, 1.54) is 12.8 Å². The number of aromatic nitrogens is 2. The minimum absolute atomic E-state index is 0.455. The molecule has 0 spiro atoms. The highest BCUT2D eigenvalue weighted by Crippen LogP contribution is 2.37. The fourth-order valence-electron chi connectivity index (χ4n) is 1.14. The first kappa shape index (κ1) is 8.69. The highest BCUT2D eigenvalue weighted by Gasteiger charge is 2.28. The Morgan fingerprint density at radius 3 is 2.92 bits per heavy atom. The third-order valence-corrected chi connectivity index (χ3v) is 2.09. The fraction of sp³-hybridized carbons (Fsp3) is 0.778. The maximum absolute atomic E-state index is 5.09. The topological polar surface area (TPSA) is 51.0 Å². The van der Waals surface area contributed by atoms with Gasteiger partial charge in [0.05, 0.1) is 6.54 Å². The maximum atomic E-state index is 5.09. The summed E-state index contributed by atoms with van der Waals surface area (Å²) in [6.45, 7) is 4.87. The van der Waals surface area contributed by atoms with Gasteiger partial charge in [0, 0.05) is 12.0 Å². The Hall–Kier alpha value is -0.900. The maximum Gasteiger partial charge on any atom is 0.240 e. The van der Waals surface area contributed by atoms with Crippen LogP contribution in [0.2, 0.25) is 0 Å². The molecule has 0 aromatic carbocycles. The second-order valence-electron chi connectivity index (χ2n) is 3.86. The quantitative estimate of drug-likeness (QED) is 0.763. The van der Waals surface area contributed by atoms with Crippen molar-refractivity contribution in [2.24, 2.45) is 0 Å². The summed E-state index contributed by atoms with van der Waals surface area (Å²) in [5, 5.41) is 7.17. The Bertz CT molecular complexity index is 278. The monoisotopic (exact) mass is 181 g/mol. The average Bonchev–Trinajstić information content (AvgIpc) is 2.83. The lowest BCUT2D eigenvalue weighted by atomic mass is 10.4. The normalized spacial score (nSPS) is 16.8. The fourth-order valence-corrected chi connectivity index (χ4v) is 1.14. The van der Waals surface area contributed by atoms with Gasteiger partial charge in [-0.2, -0.15) is 4.98 Å². The minimum atomic E-state index is 0.455. The molecule has 1 saturated carbocycles. The molecule has 1 fully saturated rings. The van der Waals surface area contributed by atoms with Crippen molar-refractivity contribution < 1.29 is 4.52 Å². The van der Waals surface area contributed by atoms with Gasteiger partial charge in [-0.3, -0.25) is 0 Å². The van der Waals surface area contributed by atoms with Crippen molar-refractivity contribution in [1.29, 1.82) is 0 Å². The van der Waals surface area contributed by atoms with E-state index in [0.29, 0.717) is 24.4 Å². The SMILES string of the molecule is CC(C)NCc1nc(C2CC2)no1. The van der Waals surface area contributed by atoms with Crippen molar-refractivity contribution in [2.75, 3.05) is 0 Å². The summed E-state index contributed by atoms with van der Waals surface area (Å²) in [7, 11) is 0. The zero-order chi connectivity index (χ0) is 9.26. The second kappa shape index (κ2) is 3.46. The molecule has 72 valence electrons.